The van der Waals surface area contributed by atoms with Gasteiger partial charge in [0.1, 0.15) is 0 Å². The summed E-state index contributed by atoms with van der Waals surface area (Å²) in [6.45, 7) is 12.7. The Balaban J connectivity index is 2.98. The lowest BCUT2D eigenvalue weighted by molar-refractivity contribution is 0.199. The molecule has 1 aromatic carbocycles. The highest BCUT2D eigenvalue weighted by atomic mass is 35.5. The number of anilines is 1. The first-order chi connectivity index (χ1) is 8.81. The van der Waals surface area contributed by atoms with Crippen LogP contribution in [-0.4, -0.2) is 18.2 Å². The molecule has 1 unspecified atom stereocenters. The molecule has 0 heterocycles. The van der Waals surface area contributed by atoms with E-state index in [1.807, 2.05) is 12.1 Å². The van der Waals surface area contributed by atoms with E-state index in [9.17, 15) is 5.11 Å². The van der Waals surface area contributed by atoms with Crippen LogP contribution in [0.2, 0.25) is 5.02 Å². The van der Waals surface area contributed by atoms with Gasteiger partial charge in [0.2, 0.25) is 0 Å². The van der Waals surface area contributed by atoms with Crippen molar-refractivity contribution in [2.75, 3.05) is 18.0 Å². The fourth-order valence-electron chi connectivity index (χ4n) is 2.22. The molecular formula is C16H26ClNO. The van der Waals surface area contributed by atoms with Crippen molar-refractivity contribution in [1.82, 2.24) is 0 Å². The molecule has 3 heteroatoms. The zero-order valence-corrected chi connectivity index (χ0v) is 13.4. The summed E-state index contributed by atoms with van der Waals surface area (Å²) >= 11 is 6.25. The van der Waals surface area contributed by atoms with E-state index in [1.54, 1.807) is 6.92 Å². The molecule has 0 fully saturated rings. The van der Waals surface area contributed by atoms with E-state index in [2.05, 4.69) is 38.7 Å². The van der Waals surface area contributed by atoms with Crippen LogP contribution in [0.4, 0.5) is 5.69 Å². The maximum absolute atomic E-state index is 9.63. The van der Waals surface area contributed by atoms with Crippen LogP contribution in [0.25, 0.3) is 0 Å². The predicted octanol–water partition coefficient (Wildman–Crippen LogP) is 4.51. The Morgan fingerprint density at radius 2 is 1.58 bits per heavy atom. The first kappa shape index (κ1) is 16.3. The largest absolute Gasteiger partial charge is 0.389 e. The minimum atomic E-state index is -0.523. The number of hydrogen-bond acceptors (Lipinski definition) is 2. The highest BCUT2D eigenvalue weighted by Crippen LogP contribution is 2.28. The summed E-state index contributed by atoms with van der Waals surface area (Å²) < 4.78 is 0. The van der Waals surface area contributed by atoms with Gasteiger partial charge in [-0.15, -0.1) is 0 Å². The average molecular weight is 284 g/mol. The lowest BCUT2D eigenvalue weighted by Crippen LogP contribution is -2.31. The third-order valence-corrected chi connectivity index (χ3v) is 3.30. The molecule has 0 saturated carbocycles. The molecule has 0 aliphatic rings. The van der Waals surface area contributed by atoms with Gasteiger partial charge >= 0.3 is 0 Å². The number of halogens is 1. The molecule has 0 spiro atoms. The molecule has 0 aromatic heterocycles. The van der Waals surface area contributed by atoms with Crippen molar-refractivity contribution in [3.05, 3.63) is 28.8 Å². The fourth-order valence-corrected chi connectivity index (χ4v) is 2.55. The Bertz CT molecular complexity index is 392. The Morgan fingerprint density at radius 1 is 1.05 bits per heavy atom. The molecule has 19 heavy (non-hydrogen) atoms. The summed E-state index contributed by atoms with van der Waals surface area (Å²) in [5.74, 6) is 1.21. The van der Waals surface area contributed by atoms with E-state index < -0.39 is 6.10 Å². The quantitative estimate of drug-likeness (QED) is 0.830. The van der Waals surface area contributed by atoms with Gasteiger partial charge < -0.3 is 10.0 Å². The SMILES string of the molecule is CC(C)CN(CC(C)C)c1ccc(C(C)O)c(Cl)c1. The monoisotopic (exact) mass is 283 g/mol. The van der Waals surface area contributed by atoms with E-state index in [1.165, 1.54) is 0 Å². The second kappa shape index (κ2) is 7.16. The zero-order chi connectivity index (χ0) is 14.6. The molecule has 108 valence electrons. The summed E-state index contributed by atoms with van der Waals surface area (Å²) in [7, 11) is 0. The average Bonchev–Trinajstić information content (AvgIpc) is 2.26. The van der Waals surface area contributed by atoms with E-state index >= 15 is 0 Å². The van der Waals surface area contributed by atoms with Crippen LogP contribution in [0, 0.1) is 11.8 Å². The third-order valence-electron chi connectivity index (χ3n) is 2.97. The van der Waals surface area contributed by atoms with Gasteiger partial charge in [0, 0.05) is 23.8 Å². The third kappa shape index (κ3) is 5.04. The van der Waals surface area contributed by atoms with Crippen molar-refractivity contribution in [2.24, 2.45) is 11.8 Å². The summed E-state index contributed by atoms with van der Waals surface area (Å²) in [6.07, 6.45) is -0.523. The lowest BCUT2D eigenvalue weighted by Gasteiger charge is -2.29. The zero-order valence-electron chi connectivity index (χ0n) is 12.7. The number of hydrogen-bond donors (Lipinski definition) is 1. The normalized spacial score (nSPS) is 13.1. The highest BCUT2D eigenvalue weighted by Gasteiger charge is 2.13. The van der Waals surface area contributed by atoms with Crippen LogP contribution < -0.4 is 4.90 Å². The first-order valence-corrected chi connectivity index (χ1v) is 7.41. The molecule has 0 bridgehead atoms. The Hall–Kier alpha value is -0.730. The second-order valence-electron chi connectivity index (χ2n) is 6.07. The number of aliphatic hydroxyl groups is 1. The van der Waals surface area contributed by atoms with Gasteiger partial charge in [-0.05, 0) is 36.5 Å². The predicted molar refractivity (Wildman–Crippen MR) is 84.0 cm³/mol. The molecule has 1 aromatic rings. The second-order valence-corrected chi connectivity index (χ2v) is 6.48. The molecule has 1 N–H and O–H groups in total. The topological polar surface area (TPSA) is 23.5 Å². The maximum atomic E-state index is 9.63. The lowest BCUT2D eigenvalue weighted by atomic mass is 10.1. The minimum Gasteiger partial charge on any atom is -0.389 e. The van der Waals surface area contributed by atoms with E-state index in [-0.39, 0.29) is 0 Å². The van der Waals surface area contributed by atoms with Crippen molar-refractivity contribution in [1.29, 1.82) is 0 Å². The van der Waals surface area contributed by atoms with Crippen LogP contribution in [0.1, 0.15) is 46.3 Å². The van der Waals surface area contributed by atoms with Crippen LogP contribution >= 0.6 is 11.6 Å². The Kier molecular flexibility index (Phi) is 6.15. The minimum absolute atomic E-state index is 0.523. The van der Waals surface area contributed by atoms with Crippen molar-refractivity contribution < 1.29 is 5.11 Å². The van der Waals surface area contributed by atoms with Gasteiger partial charge in [-0.25, -0.2) is 0 Å². The van der Waals surface area contributed by atoms with E-state index in [4.69, 9.17) is 11.6 Å². The number of rotatable bonds is 6. The molecular weight excluding hydrogens is 258 g/mol. The molecule has 0 radical (unpaired) electrons. The maximum Gasteiger partial charge on any atom is 0.0776 e. The summed E-state index contributed by atoms with van der Waals surface area (Å²) in [6, 6.07) is 5.95. The molecule has 0 aliphatic heterocycles. The summed E-state index contributed by atoms with van der Waals surface area (Å²) in [5.41, 5.74) is 1.93. The van der Waals surface area contributed by atoms with Gasteiger partial charge in [-0.1, -0.05) is 45.4 Å². The van der Waals surface area contributed by atoms with E-state index in [0.717, 1.165) is 24.3 Å². The van der Waals surface area contributed by atoms with Crippen LogP contribution in [0.15, 0.2) is 18.2 Å². The van der Waals surface area contributed by atoms with Gasteiger partial charge in [0.25, 0.3) is 0 Å². The highest BCUT2D eigenvalue weighted by molar-refractivity contribution is 6.31. The van der Waals surface area contributed by atoms with Gasteiger partial charge in [-0.3, -0.25) is 0 Å². The summed E-state index contributed by atoms with van der Waals surface area (Å²) in [4.78, 5) is 2.37. The molecule has 0 aliphatic carbocycles. The fraction of sp³-hybridized carbons (Fsp3) is 0.625. The Morgan fingerprint density at radius 3 is 1.95 bits per heavy atom. The Labute approximate surface area is 122 Å². The van der Waals surface area contributed by atoms with Crippen molar-refractivity contribution in [2.45, 2.75) is 40.7 Å². The number of nitrogens with zero attached hydrogens (tertiary/aromatic N) is 1. The molecule has 1 rings (SSSR count). The molecule has 1 atom stereocenters. The van der Waals surface area contributed by atoms with Crippen LogP contribution in [-0.2, 0) is 0 Å². The van der Waals surface area contributed by atoms with E-state index in [0.29, 0.717) is 16.9 Å². The van der Waals surface area contributed by atoms with Crippen molar-refractivity contribution >= 4 is 17.3 Å². The first-order valence-electron chi connectivity index (χ1n) is 7.03. The van der Waals surface area contributed by atoms with Crippen LogP contribution in [0.5, 0.6) is 0 Å². The molecule has 0 amide bonds. The molecule has 2 nitrogen and oxygen atoms in total. The number of benzene rings is 1. The van der Waals surface area contributed by atoms with Crippen molar-refractivity contribution in [3.63, 3.8) is 0 Å². The van der Waals surface area contributed by atoms with Crippen LogP contribution in [0.3, 0.4) is 0 Å². The summed E-state index contributed by atoms with van der Waals surface area (Å²) in [5, 5.41) is 10.3. The smallest absolute Gasteiger partial charge is 0.0776 e. The number of aliphatic hydroxyl groups excluding tert-OH is 1. The van der Waals surface area contributed by atoms with Gasteiger partial charge in [0.05, 0.1) is 6.10 Å². The van der Waals surface area contributed by atoms with Crippen molar-refractivity contribution in [3.8, 4) is 0 Å². The molecule has 0 saturated heterocycles. The van der Waals surface area contributed by atoms with Gasteiger partial charge in [0.15, 0.2) is 0 Å². The standard InChI is InChI=1S/C16H26ClNO/c1-11(2)9-18(10-12(3)4)14-6-7-15(13(5)19)16(17)8-14/h6-8,11-13,19H,9-10H2,1-5H3. The van der Waals surface area contributed by atoms with Gasteiger partial charge in [-0.2, -0.15) is 0 Å².